The van der Waals surface area contributed by atoms with Crippen LogP contribution in [0.15, 0.2) is 29.1 Å². The molecule has 0 unspecified atom stereocenters. The first kappa shape index (κ1) is 16.4. The summed E-state index contributed by atoms with van der Waals surface area (Å²) in [6.45, 7) is 5.00. The number of carbonyl (C=O) groups is 1. The summed E-state index contributed by atoms with van der Waals surface area (Å²) < 4.78 is 12.7. The van der Waals surface area contributed by atoms with Crippen molar-refractivity contribution in [3.63, 3.8) is 0 Å². The van der Waals surface area contributed by atoms with Crippen LogP contribution in [0.1, 0.15) is 40.7 Å². The minimum Gasteiger partial charge on any atom is -0.467 e. The Labute approximate surface area is 158 Å². The molecule has 0 fully saturated rings. The van der Waals surface area contributed by atoms with Gasteiger partial charge in [0.15, 0.2) is 5.65 Å². The van der Waals surface area contributed by atoms with Crippen LogP contribution in [0.2, 0.25) is 0 Å². The van der Waals surface area contributed by atoms with E-state index in [1.54, 1.807) is 40.6 Å². The van der Waals surface area contributed by atoms with E-state index in [4.69, 9.17) is 9.15 Å². The van der Waals surface area contributed by atoms with Gasteiger partial charge in [0, 0.05) is 11.3 Å². The highest BCUT2D eigenvalue weighted by atomic mass is 32.1. The fraction of sp³-hybridized carbons (Fsp3) is 0.333. The van der Waals surface area contributed by atoms with Crippen molar-refractivity contribution in [2.75, 3.05) is 0 Å². The first-order valence-corrected chi connectivity index (χ1v) is 9.42. The second-order valence-electron chi connectivity index (χ2n) is 7.12. The predicted octanol–water partition coefficient (Wildman–Crippen LogP) is 2.71. The van der Waals surface area contributed by atoms with Gasteiger partial charge in [-0.15, -0.1) is 16.4 Å². The van der Waals surface area contributed by atoms with E-state index in [9.17, 15) is 4.79 Å². The van der Waals surface area contributed by atoms with Crippen LogP contribution < -0.4 is 5.32 Å². The molecule has 0 bridgehead atoms. The number of thiophene rings is 1. The number of aromatic nitrogens is 4. The van der Waals surface area contributed by atoms with Gasteiger partial charge in [-0.05, 0) is 31.5 Å². The van der Waals surface area contributed by atoms with Gasteiger partial charge >= 0.3 is 0 Å². The lowest BCUT2D eigenvalue weighted by Gasteiger charge is -2.30. The molecule has 0 saturated carbocycles. The van der Waals surface area contributed by atoms with Crippen molar-refractivity contribution in [1.82, 2.24) is 24.9 Å². The Hall–Kier alpha value is -2.78. The minimum atomic E-state index is -0.351. The fourth-order valence-corrected chi connectivity index (χ4v) is 4.36. The average molecular weight is 383 g/mol. The first-order valence-electron chi connectivity index (χ1n) is 8.60. The highest BCUT2D eigenvalue weighted by Gasteiger charge is 2.31. The molecule has 138 valence electrons. The minimum absolute atomic E-state index is 0.113. The Kier molecular flexibility index (Phi) is 3.56. The second-order valence-corrected chi connectivity index (χ2v) is 8.20. The van der Waals surface area contributed by atoms with Crippen molar-refractivity contribution in [2.24, 2.45) is 0 Å². The van der Waals surface area contributed by atoms with E-state index in [0.29, 0.717) is 18.0 Å². The highest BCUT2D eigenvalue weighted by Crippen LogP contribution is 2.39. The molecule has 1 aliphatic rings. The van der Waals surface area contributed by atoms with E-state index in [0.717, 1.165) is 21.5 Å². The van der Waals surface area contributed by atoms with Crippen LogP contribution in [-0.4, -0.2) is 31.1 Å². The Morgan fingerprint density at radius 3 is 3.15 bits per heavy atom. The number of hydrogen-bond donors (Lipinski definition) is 1. The number of rotatable bonds is 3. The summed E-state index contributed by atoms with van der Waals surface area (Å²) in [6, 6.07) is 3.57. The van der Waals surface area contributed by atoms with Crippen LogP contribution >= 0.6 is 11.3 Å². The number of furan rings is 1. The van der Waals surface area contributed by atoms with E-state index in [1.807, 2.05) is 0 Å². The lowest BCUT2D eigenvalue weighted by molar-refractivity contribution is -0.0379. The molecular formula is C18H17N5O3S. The Morgan fingerprint density at radius 2 is 2.33 bits per heavy atom. The Balaban J connectivity index is 1.54. The summed E-state index contributed by atoms with van der Waals surface area (Å²) in [5, 5.41) is 8.04. The zero-order chi connectivity index (χ0) is 18.6. The van der Waals surface area contributed by atoms with Crippen LogP contribution in [0.3, 0.4) is 0 Å². The normalized spacial score (nSPS) is 15.9. The fourth-order valence-electron chi connectivity index (χ4n) is 3.30. The third-order valence-corrected chi connectivity index (χ3v) is 5.73. The van der Waals surface area contributed by atoms with Gasteiger partial charge in [0.2, 0.25) is 5.82 Å². The van der Waals surface area contributed by atoms with Gasteiger partial charge in [-0.1, -0.05) is 0 Å². The molecule has 0 saturated heterocycles. The van der Waals surface area contributed by atoms with Gasteiger partial charge in [-0.2, -0.15) is 0 Å². The van der Waals surface area contributed by atoms with Crippen LogP contribution in [0, 0.1) is 0 Å². The van der Waals surface area contributed by atoms with Crippen LogP contribution in [0.4, 0.5) is 0 Å². The van der Waals surface area contributed by atoms with Crippen LogP contribution in [-0.2, 0) is 24.3 Å². The molecule has 0 aliphatic carbocycles. The Bertz CT molecular complexity index is 1160. The predicted molar refractivity (Wildman–Crippen MR) is 98.6 cm³/mol. The molecule has 4 aromatic heterocycles. The number of ether oxygens (including phenoxy) is 1. The lowest BCUT2D eigenvalue weighted by Crippen LogP contribution is -2.31. The Morgan fingerprint density at radius 1 is 1.44 bits per heavy atom. The maximum atomic E-state index is 12.4. The average Bonchev–Trinajstić information content (AvgIpc) is 3.35. The molecule has 27 heavy (non-hydrogen) atoms. The smallest absolute Gasteiger partial charge is 0.291 e. The highest BCUT2D eigenvalue weighted by molar-refractivity contribution is 7.19. The molecule has 5 heterocycles. The third kappa shape index (κ3) is 2.79. The maximum Gasteiger partial charge on any atom is 0.291 e. The van der Waals surface area contributed by atoms with E-state index < -0.39 is 0 Å². The molecular weight excluding hydrogens is 366 g/mol. The molecule has 0 spiro atoms. The summed E-state index contributed by atoms with van der Waals surface area (Å²) in [5.41, 5.74) is 1.61. The molecule has 0 atom stereocenters. The largest absolute Gasteiger partial charge is 0.467 e. The van der Waals surface area contributed by atoms with Crippen LogP contribution in [0.25, 0.3) is 15.9 Å². The summed E-state index contributed by atoms with van der Waals surface area (Å²) in [7, 11) is 0. The van der Waals surface area contributed by atoms with Crippen molar-refractivity contribution < 1.29 is 13.9 Å². The lowest BCUT2D eigenvalue weighted by atomic mass is 9.94. The van der Waals surface area contributed by atoms with Gasteiger partial charge in [0.25, 0.3) is 5.91 Å². The molecule has 9 heteroatoms. The summed E-state index contributed by atoms with van der Waals surface area (Å²) in [5.74, 6) is 0.434. The van der Waals surface area contributed by atoms with E-state index in [2.05, 4.69) is 34.2 Å². The van der Waals surface area contributed by atoms with E-state index >= 15 is 0 Å². The van der Waals surface area contributed by atoms with Gasteiger partial charge < -0.3 is 14.5 Å². The number of amides is 1. The monoisotopic (exact) mass is 383 g/mol. The number of carbonyl (C=O) groups excluding carboxylic acids is 1. The molecule has 4 aromatic rings. The van der Waals surface area contributed by atoms with Crippen molar-refractivity contribution >= 4 is 33.1 Å². The maximum absolute atomic E-state index is 12.4. The standard InChI is InChI=1S/C18H17N5O3S/c1-18(2)6-11-12(8-26-18)27-17-13(11)15-21-14(22-23(15)9-20-17)16(24)19-7-10-4-3-5-25-10/h3-5,9H,6-8H2,1-2H3,(H,19,24). The summed E-state index contributed by atoms with van der Waals surface area (Å²) >= 11 is 1.61. The van der Waals surface area contributed by atoms with Crippen molar-refractivity contribution in [3.05, 3.63) is 46.7 Å². The van der Waals surface area contributed by atoms with Gasteiger partial charge in [0.1, 0.15) is 16.9 Å². The van der Waals surface area contributed by atoms with Crippen molar-refractivity contribution in [2.45, 2.75) is 39.0 Å². The van der Waals surface area contributed by atoms with Crippen LogP contribution in [0.5, 0.6) is 0 Å². The zero-order valence-electron chi connectivity index (χ0n) is 14.9. The quantitative estimate of drug-likeness (QED) is 0.585. The number of nitrogens with zero attached hydrogens (tertiary/aromatic N) is 4. The van der Waals surface area contributed by atoms with Gasteiger partial charge in [0.05, 0.1) is 30.4 Å². The third-order valence-electron chi connectivity index (χ3n) is 4.61. The first-order chi connectivity index (χ1) is 13.0. The summed E-state index contributed by atoms with van der Waals surface area (Å²) in [4.78, 5) is 23.5. The molecule has 0 radical (unpaired) electrons. The van der Waals surface area contributed by atoms with Gasteiger partial charge in [-0.3, -0.25) is 4.79 Å². The van der Waals surface area contributed by atoms with Crippen molar-refractivity contribution in [3.8, 4) is 0 Å². The van der Waals surface area contributed by atoms with Gasteiger partial charge in [-0.25, -0.2) is 14.5 Å². The zero-order valence-corrected chi connectivity index (χ0v) is 15.7. The van der Waals surface area contributed by atoms with Crippen molar-refractivity contribution in [1.29, 1.82) is 0 Å². The molecule has 1 N–H and O–H groups in total. The molecule has 8 nitrogen and oxygen atoms in total. The topological polar surface area (TPSA) is 94.6 Å². The molecule has 0 aromatic carbocycles. The number of fused-ring (bicyclic) bond motifs is 5. The number of nitrogens with one attached hydrogen (secondary N) is 1. The van der Waals surface area contributed by atoms with E-state index in [1.165, 1.54) is 5.56 Å². The molecule has 5 rings (SSSR count). The molecule has 1 amide bonds. The van der Waals surface area contributed by atoms with E-state index in [-0.39, 0.29) is 23.9 Å². The second kappa shape index (κ2) is 5.86. The summed E-state index contributed by atoms with van der Waals surface area (Å²) in [6.07, 6.45) is 3.94. The number of hydrogen-bond acceptors (Lipinski definition) is 7. The SMILES string of the molecule is CC1(C)Cc2c(sc3ncn4nc(C(=O)NCc5ccco5)nc4c23)CO1. The molecule has 1 aliphatic heterocycles.